The first kappa shape index (κ1) is 9.83. The van der Waals surface area contributed by atoms with Crippen molar-refractivity contribution in [1.29, 1.82) is 0 Å². The van der Waals surface area contributed by atoms with Gasteiger partial charge in [-0.3, -0.25) is 4.55 Å². The van der Waals surface area contributed by atoms with Crippen LogP contribution in [0.25, 0.3) is 0 Å². The molecule has 62 valence electrons. The molecule has 0 aliphatic rings. The third-order valence-corrected chi connectivity index (χ3v) is 2.04. The van der Waals surface area contributed by atoms with Crippen LogP contribution >= 0.6 is 0 Å². The zero-order valence-corrected chi connectivity index (χ0v) is 6.63. The summed E-state index contributed by atoms with van der Waals surface area (Å²) in [6, 6.07) is 0. The molecular weight excluding hydrogens is 156 g/mol. The topological polar surface area (TPSA) is 83.6 Å². The Morgan fingerprint density at radius 2 is 2.10 bits per heavy atom. The maximum atomic E-state index is 10.3. The van der Waals surface area contributed by atoms with Crippen LogP contribution in [0.15, 0.2) is 0 Å². The summed E-state index contributed by atoms with van der Waals surface area (Å²) in [6.07, 6.45) is 0.552. The molecule has 5 nitrogen and oxygen atoms in total. The zero-order chi connectivity index (χ0) is 8.20. The second kappa shape index (κ2) is 3.87. The molecule has 0 aromatic carbocycles. The highest BCUT2D eigenvalue weighted by Crippen LogP contribution is 1.92. The molecule has 0 saturated heterocycles. The van der Waals surface area contributed by atoms with Crippen LogP contribution in [0.5, 0.6) is 0 Å². The Morgan fingerprint density at radius 3 is 2.40 bits per heavy atom. The van der Waals surface area contributed by atoms with E-state index in [-0.39, 0.29) is 6.54 Å². The van der Waals surface area contributed by atoms with E-state index in [1.165, 1.54) is 7.05 Å². The van der Waals surface area contributed by atoms with E-state index in [1.807, 2.05) is 0 Å². The van der Waals surface area contributed by atoms with Crippen LogP contribution in [0.3, 0.4) is 0 Å². The predicted octanol–water partition coefficient (Wildman–Crippen LogP) is -0.930. The summed E-state index contributed by atoms with van der Waals surface area (Å²) in [5.41, 5.74) is 5.12. The van der Waals surface area contributed by atoms with E-state index in [9.17, 15) is 8.42 Å². The van der Waals surface area contributed by atoms with Crippen molar-refractivity contribution in [2.45, 2.75) is 6.42 Å². The molecule has 0 fully saturated rings. The Bertz CT molecular complexity index is 177. The van der Waals surface area contributed by atoms with Gasteiger partial charge in [-0.15, -0.1) is 0 Å². The first-order valence-corrected chi connectivity index (χ1v) is 4.27. The van der Waals surface area contributed by atoms with Crippen molar-refractivity contribution in [2.24, 2.45) is 5.73 Å². The van der Waals surface area contributed by atoms with E-state index in [0.717, 1.165) is 4.31 Å². The van der Waals surface area contributed by atoms with Gasteiger partial charge in [0.05, 0.1) is 0 Å². The van der Waals surface area contributed by atoms with Gasteiger partial charge in [-0.2, -0.15) is 12.7 Å². The second-order valence-electron chi connectivity index (χ2n) is 1.94. The van der Waals surface area contributed by atoms with Crippen LogP contribution in [0.1, 0.15) is 6.42 Å². The third kappa shape index (κ3) is 3.78. The van der Waals surface area contributed by atoms with Crippen LogP contribution in [0.4, 0.5) is 0 Å². The molecule has 0 aliphatic carbocycles. The standard InChI is InChI=1S/C4H12N2O3S/c1-6(4-2-3-5)10(7,8)9/h2-5H2,1H3,(H,7,8,9). The first-order valence-electron chi connectivity index (χ1n) is 2.87. The first-order chi connectivity index (χ1) is 4.48. The van der Waals surface area contributed by atoms with E-state index in [2.05, 4.69) is 0 Å². The molecule has 0 unspecified atom stereocenters. The number of nitrogens with zero attached hydrogens (tertiary/aromatic N) is 1. The summed E-state index contributed by atoms with van der Waals surface area (Å²) in [4.78, 5) is 0. The van der Waals surface area contributed by atoms with Crippen molar-refractivity contribution >= 4 is 10.3 Å². The lowest BCUT2D eigenvalue weighted by Gasteiger charge is -2.10. The Balaban J connectivity index is 3.75. The minimum Gasteiger partial charge on any atom is -0.330 e. The quantitative estimate of drug-likeness (QED) is 0.531. The number of rotatable bonds is 4. The van der Waals surface area contributed by atoms with Gasteiger partial charge in [-0.25, -0.2) is 0 Å². The van der Waals surface area contributed by atoms with Crippen molar-refractivity contribution < 1.29 is 13.0 Å². The molecule has 10 heavy (non-hydrogen) atoms. The molecule has 0 spiro atoms. The molecule has 0 saturated carbocycles. The average molecular weight is 168 g/mol. The molecule has 0 radical (unpaired) electrons. The highest BCUT2D eigenvalue weighted by Gasteiger charge is 2.10. The molecule has 3 N–H and O–H groups in total. The zero-order valence-electron chi connectivity index (χ0n) is 5.82. The SMILES string of the molecule is CN(CCCN)S(=O)(=O)O. The van der Waals surface area contributed by atoms with Crippen molar-refractivity contribution in [1.82, 2.24) is 4.31 Å². The minimum absolute atomic E-state index is 0.259. The minimum atomic E-state index is -4.00. The Labute approximate surface area is 60.7 Å². The number of nitrogens with two attached hydrogens (primary N) is 1. The predicted molar refractivity (Wildman–Crippen MR) is 37.8 cm³/mol. The van der Waals surface area contributed by atoms with Crippen LogP contribution in [-0.4, -0.2) is 37.4 Å². The van der Waals surface area contributed by atoms with Gasteiger partial charge in [0.15, 0.2) is 0 Å². The summed E-state index contributed by atoms with van der Waals surface area (Å²) >= 11 is 0. The summed E-state index contributed by atoms with van der Waals surface area (Å²) < 4.78 is 29.8. The summed E-state index contributed by atoms with van der Waals surface area (Å²) in [7, 11) is -2.70. The van der Waals surface area contributed by atoms with E-state index >= 15 is 0 Å². The van der Waals surface area contributed by atoms with E-state index in [1.54, 1.807) is 0 Å². The number of hydrogen-bond donors (Lipinski definition) is 2. The lowest BCUT2D eigenvalue weighted by atomic mass is 10.4. The van der Waals surface area contributed by atoms with Gasteiger partial charge in [0.1, 0.15) is 0 Å². The maximum Gasteiger partial charge on any atom is 0.335 e. The van der Waals surface area contributed by atoms with Crippen LogP contribution in [0.2, 0.25) is 0 Å². The number of hydrogen-bond acceptors (Lipinski definition) is 3. The van der Waals surface area contributed by atoms with Gasteiger partial charge < -0.3 is 5.73 Å². The smallest absolute Gasteiger partial charge is 0.330 e. The molecule has 6 heteroatoms. The highest BCUT2D eigenvalue weighted by molar-refractivity contribution is 7.83. The van der Waals surface area contributed by atoms with Gasteiger partial charge in [-0.05, 0) is 13.0 Å². The lowest BCUT2D eigenvalue weighted by molar-refractivity contribution is 0.385. The molecule has 0 aliphatic heterocycles. The highest BCUT2D eigenvalue weighted by atomic mass is 32.2. The molecule has 0 bridgehead atoms. The summed E-state index contributed by atoms with van der Waals surface area (Å²) in [6.45, 7) is 0.676. The average Bonchev–Trinajstić information content (AvgIpc) is 1.80. The van der Waals surface area contributed by atoms with Crippen molar-refractivity contribution in [3.05, 3.63) is 0 Å². The molecule has 0 amide bonds. The van der Waals surface area contributed by atoms with Crippen LogP contribution in [0, 0.1) is 0 Å². The monoisotopic (exact) mass is 168 g/mol. The van der Waals surface area contributed by atoms with Crippen LogP contribution in [-0.2, 0) is 10.3 Å². The summed E-state index contributed by atoms with van der Waals surface area (Å²) in [5.74, 6) is 0. The Kier molecular flexibility index (Phi) is 3.80. The molecule has 0 atom stereocenters. The van der Waals surface area contributed by atoms with Crippen molar-refractivity contribution in [2.75, 3.05) is 20.1 Å². The lowest BCUT2D eigenvalue weighted by Crippen LogP contribution is -2.28. The van der Waals surface area contributed by atoms with Gasteiger partial charge in [0.2, 0.25) is 0 Å². The summed E-state index contributed by atoms with van der Waals surface area (Å²) in [5, 5.41) is 0. The molecule has 0 heterocycles. The Morgan fingerprint density at radius 1 is 1.60 bits per heavy atom. The van der Waals surface area contributed by atoms with Gasteiger partial charge in [-0.1, -0.05) is 0 Å². The fourth-order valence-corrected chi connectivity index (χ4v) is 0.789. The second-order valence-corrected chi connectivity index (χ2v) is 3.46. The van der Waals surface area contributed by atoms with Gasteiger partial charge in [0, 0.05) is 13.6 Å². The van der Waals surface area contributed by atoms with Crippen molar-refractivity contribution in [3.8, 4) is 0 Å². The van der Waals surface area contributed by atoms with Crippen LogP contribution < -0.4 is 5.73 Å². The molecule has 0 rings (SSSR count). The fourth-order valence-electron chi connectivity index (χ4n) is 0.429. The van der Waals surface area contributed by atoms with E-state index in [0.29, 0.717) is 13.0 Å². The van der Waals surface area contributed by atoms with E-state index < -0.39 is 10.3 Å². The molecular formula is C4H12N2O3S. The van der Waals surface area contributed by atoms with Gasteiger partial charge >= 0.3 is 10.3 Å². The van der Waals surface area contributed by atoms with Gasteiger partial charge in [0.25, 0.3) is 0 Å². The maximum absolute atomic E-state index is 10.3. The van der Waals surface area contributed by atoms with E-state index in [4.69, 9.17) is 10.3 Å². The third-order valence-electron chi connectivity index (χ3n) is 1.07. The molecule has 0 aromatic heterocycles. The largest absolute Gasteiger partial charge is 0.335 e. The fraction of sp³-hybridized carbons (Fsp3) is 1.00. The normalized spacial score (nSPS) is 12.4. The Hall–Kier alpha value is -0.170. The van der Waals surface area contributed by atoms with Crippen molar-refractivity contribution in [3.63, 3.8) is 0 Å². The molecule has 0 aromatic rings.